The largest absolute Gasteiger partial charge is 0.394 e. The van der Waals surface area contributed by atoms with E-state index in [-0.39, 0.29) is 24.5 Å². The minimum absolute atomic E-state index is 0.161. The van der Waals surface area contributed by atoms with Gasteiger partial charge in [-0.25, -0.2) is 0 Å². The molecule has 0 bridgehead atoms. The molecule has 0 heterocycles. The molecule has 130 valence electrons. The molecule has 1 atom stereocenters. The highest BCUT2D eigenvalue weighted by Gasteiger charge is 2.51. The minimum atomic E-state index is -0.874. The molecular weight excluding hydrogens is 304 g/mol. The van der Waals surface area contributed by atoms with E-state index in [9.17, 15) is 14.7 Å². The lowest BCUT2D eigenvalue weighted by atomic mass is 9.94. The highest BCUT2D eigenvalue weighted by molar-refractivity contribution is 5.95. The van der Waals surface area contributed by atoms with Gasteiger partial charge in [-0.1, -0.05) is 49.6 Å². The van der Waals surface area contributed by atoms with E-state index in [2.05, 4.69) is 10.6 Å². The molecule has 1 aromatic rings. The number of hydrogen-bond acceptors (Lipinski definition) is 3. The normalized spacial score (nSPS) is 20.9. The van der Waals surface area contributed by atoms with Crippen molar-refractivity contribution >= 4 is 11.8 Å². The van der Waals surface area contributed by atoms with Crippen LogP contribution in [0.2, 0.25) is 0 Å². The van der Waals surface area contributed by atoms with Crippen molar-refractivity contribution in [1.29, 1.82) is 0 Å². The van der Waals surface area contributed by atoms with Crippen LogP contribution in [0.4, 0.5) is 0 Å². The van der Waals surface area contributed by atoms with E-state index in [1.54, 1.807) is 0 Å². The lowest BCUT2D eigenvalue weighted by molar-refractivity contribution is -0.131. The summed E-state index contributed by atoms with van der Waals surface area (Å²) in [5.74, 6) is -0.437. The second-order valence-corrected chi connectivity index (χ2v) is 7.00. The molecule has 0 radical (unpaired) electrons. The van der Waals surface area contributed by atoms with Crippen LogP contribution in [0.25, 0.3) is 0 Å². The third kappa shape index (κ3) is 3.61. The summed E-state index contributed by atoms with van der Waals surface area (Å²) in [5.41, 5.74) is 0.451. The molecule has 0 aromatic heterocycles. The summed E-state index contributed by atoms with van der Waals surface area (Å²) < 4.78 is 0. The molecule has 1 unspecified atom stereocenters. The summed E-state index contributed by atoms with van der Waals surface area (Å²) in [4.78, 5) is 25.1. The number of carbonyl (C=O) groups excluding carboxylic acids is 2. The standard InChI is InChI=1S/C19H26N2O3/c22-13-16(17(23)20-15-9-5-2-6-10-15)21-18(24)19(11-12-19)14-7-3-1-4-8-14/h1,3-4,7-8,15-16,22H,2,5-6,9-13H2,(H,20,23)(H,21,24). The first kappa shape index (κ1) is 17.0. The number of nitrogens with one attached hydrogen (secondary N) is 2. The van der Waals surface area contributed by atoms with E-state index in [1.807, 2.05) is 30.3 Å². The van der Waals surface area contributed by atoms with Gasteiger partial charge in [-0.05, 0) is 31.2 Å². The van der Waals surface area contributed by atoms with Gasteiger partial charge in [0.2, 0.25) is 11.8 Å². The highest BCUT2D eigenvalue weighted by Crippen LogP contribution is 2.48. The van der Waals surface area contributed by atoms with Crippen LogP contribution in [0.1, 0.15) is 50.5 Å². The van der Waals surface area contributed by atoms with E-state index in [4.69, 9.17) is 0 Å². The quantitative estimate of drug-likeness (QED) is 0.742. The summed E-state index contributed by atoms with van der Waals surface area (Å²) in [7, 11) is 0. The van der Waals surface area contributed by atoms with Crippen molar-refractivity contribution in [2.75, 3.05) is 6.61 Å². The fourth-order valence-corrected chi connectivity index (χ4v) is 3.57. The Morgan fingerprint density at radius 1 is 1.12 bits per heavy atom. The van der Waals surface area contributed by atoms with Crippen molar-refractivity contribution in [3.05, 3.63) is 35.9 Å². The van der Waals surface area contributed by atoms with Gasteiger partial charge in [0, 0.05) is 6.04 Å². The van der Waals surface area contributed by atoms with Gasteiger partial charge in [0.1, 0.15) is 6.04 Å². The molecule has 3 N–H and O–H groups in total. The first-order valence-electron chi connectivity index (χ1n) is 8.93. The Hall–Kier alpha value is -1.88. The van der Waals surface area contributed by atoms with Gasteiger partial charge in [0.15, 0.2) is 0 Å². The Labute approximate surface area is 142 Å². The molecule has 2 aliphatic rings. The zero-order valence-corrected chi connectivity index (χ0v) is 14.0. The highest BCUT2D eigenvalue weighted by atomic mass is 16.3. The molecule has 2 fully saturated rings. The minimum Gasteiger partial charge on any atom is -0.394 e. The molecule has 3 rings (SSSR count). The molecule has 2 saturated carbocycles. The van der Waals surface area contributed by atoms with Crippen LogP contribution in [0.15, 0.2) is 30.3 Å². The summed E-state index contributed by atoms with van der Waals surface area (Å²) in [5, 5.41) is 15.3. The topological polar surface area (TPSA) is 78.4 Å². The zero-order chi connectivity index (χ0) is 17.0. The van der Waals surface area contributed by atoms with Gasteiger partial charge in [-0.15, -0.1) is 0 Å². The molecule has 1 aromatic carbocycles. The first-order chi connectivity index (χ1) is 11.7. The van der Waals surface area contributed by atoms with Gasteiger partial charge >= 0.3 is 0 Å². The van der Waals surface area contributed by atoms with E-state index < -0.39 is 11.5 Å². The van der Waals surface area contributed by atoms with Crippen LogP contribution in [0.3, 0.4) is 0 Å². The van der Waals surface area contributed by atoms with Gasteiger partial charge in [0.05, 0.1) is 12.0 Å². The fraction of sp³-hybridized carbons (Fsp3) is 0.579. The molecule has 0 aliphatic heterocycles. The van der Waals surface area contributed by atoms with E-state index >= 15 is 0 Å². The number of benzene rings is 1. The van der Waals surface area contributed by atoms with Crippen LogP contribution in [0, 0.1) is 0 Å². The average molecular weight is 330 g/mol. The van der Waals surface area contributed by atoms with Crippen LogP contribution >= 0.6 is 0 Å². The molecule has 0 spiro atoms. The monoisotopic (exact) mass is 330 g/mol. The number of aliphatic hydroxyl groups excluding tert-OH is 1. The van der Waals surface area contributed by atoms with Gasteiger partial charge in [-0.2, -0.15) is 0 Å². The summed E-state index contributed by atoms with van der Waals surface area (Å²) in [6, 6.07) is 8.95. The molecule has 2 aliphatic carbocycles. The van der Waals surface area contributed by atoms with Crippen molar-refractivity contribution in [3.8, 4) is 0 Å². The first-order valence-corrected chi connectivity index (χ1v) is 8.93. The molecule has 5 heteroatoms. The van der Waals surface area contributed by atoms with E-state index in [1.165, 1.54) is 6.42 Å². The molecule has 5 nitrogen and oxygen atoms in total. The van der Waals surface area contributed by atoms with E-state index in [0.717, 1.165) is 44.1 Å². The number of amides is 2. The predicted molar refractivity (Wildman–Crippen MR) is 91.4 cm³/mol. The Morgan fingerprint density at radius 3 is 2.38 bits per heavy atom. The number of rotatable bonds is 6. The molecule has 0 saturated heterocycles. The number of hydrogen-bond donors (Lipinski definition) is 3. The van der Waals surface area contributed by atoms with Crippen LogP contribution in [-0.4, -0.2) is 35.6 Å². The Morgan fingerprint density at radius 2 is 1.79 bits per heavy atom. The zero-order valence-electron chi connectivity index (χ0n) is 14.0. The van der Waals surface area contributed by atoms with Crippen molar-refractivity contribution in [1.82, 2.24) is 10.6 Å². The number of carbonyl (C=O) groups is 2. The maximum Gasteiger partial charge on any atom is 0.245 e. The van der Waals surface area contributed by atoms with Crippen LogP contribution < -0.4 is 10.6 Å². The smallest absolute Gasteiger partial charge is 0.245 e. The van der Waals surface area contributed by atoms with Gasteiger partial charge in [-0.3, -0.25) is 9.59 Å². The summed E-state index contributed by atoms with van der Waals surface area (Å²) >= 11 is 0. The maximum absolute atomic E-state index is 12.7. The second-order valence-electron chi connectivity index (χ2n) is 7.00. The summed E-state index contributed by atoms with van der Waals surface area (Å²) in [6.07, 6.45) is 6.98. The Kier molecular flexibility index (Phi) is 5.19. The average Bonchev–Trinajstić information content (AvgIpc) is 3.43. The van der Waals surface area contributed by atoms with Crippen molar-refractivity contribution in [2.45, 2.75) is 62.4 Å². The maximum atomic E-state index is 12.7. The fourth-order valence-electron chi connectivity index (χ4n) is 3.57. The Balaban J connectivity index is 1.60. The molecule has 2 amide bonds. The van der Waals surface area contributed by atoms with Crippen molar-refractivity contribution in [3.63, 3.8) is 0 Å². The van der Waals surface area contributed by atoms with Crippen LogP contribution in [0.5, 0.6) is 0 Å². The second kappa shape index (κ2) is 7.34. The Bertz CT molecular complexity index is 578. The van der Waals surface area contributed by atoms with Crippen molar-refractivity contribution in [2.24, 2.45) is 0 Å². The molecule has 24 heavy (non-hydrogen) atoms. The predicted octanol–water partition coefficient (Wildman–Crippen LogP) is 1.64. The third-order valence-electron chi connectivity index (χ3n) is 5.27. The van der Waals surface area contributed by atoms with Gasteiger partial charge < -0.3 is 15.7 Å². The van der Waals surface area contributed by atoms with Gasteiger partial charge in [0.25, 0.3) is 0 Å². The lowest BCUT2D eigenvalue weighted by Crippen LogP contribution is -2.53. The lowest BCUT2D eigenvalue weighted by Gasteiger charge is -2.26. The third-order valence-corrected chi connectivity index (χ3v) is 5.27. The summed E-state index contributed by atoms with van der Waals surface area (Å²) in [6.45, 7) is -0.380. The molecular formula is C19H26N2O3. The van der Waals surface area contributed by atoms with Crippen molar-refractivity contribution < 1.29 is 14.7 Å². The van der Waals surface area contributed by atoms with E-state index in [0.29, 0.717) is 0 Å². The van der Waals surface area contributed by atoms with Crippen LogP contribution in [-0.2, 0) is 15.0 Å². The SMILES string of the molecule is O=C(NC1CCCCC1)C(CO)NC(=O)C1(c2ccccc2)CC1. The number of aliphatic hydroxyl groups is 1.